The van der Waals surface area contributed by atoms with Crippen LogP contribution in [0.25, 0.3) is 0 Å². The average molecular weight is 249 g/mol. The number of benzene rings is 1. The van der Waals surface area contributed by atoms with Gasteiger partial charge in [-0.3, -0.25) is 4.79 Å². The lowest BCUT2D eigenvalue weighted by atomic mass is 10.2. The maximum atomic E-state index is 13.0. The summed E-state index contributed by atoms with van der Waals surface area (Å²) in [7, 11) is 0. The highest BCUT2D eigenvalue weighted by molar-refractivity contribution is 7.99. The molecule has 0 spiro atoms. The van der Waals surface area contributed by atoms with Crippen LogP contribution in [0.2, 0.25) is 5.02 Å². The Bertz CT molecular complexity index is 370. The van der Waals surface area contributed by atoms with Crippen LogP contribution in [-0.4, -0.2) is 16.3 Å². The Labute approximate surface area is 96.4 Å². The number of carbonyl (C=O) groups is 1. The molecule has 0 aliphatic heterocycles. The first-order valence-corrected chi connectivity index (χ1v) is 5.72. The van der Waals surface area contributed by atoms with Crippen molar-refractivity contribution in [1.82, 2.24) is 0 Å². The summed E-state index contributed by atoms with van der Waals surface area (Å²) in [5.41, 5.74) is 0.620. The first-order chi connectivity index (χ1) is 7.02. The number of aliphatic carboxylic acids is 1. The predicted molar refractivity (Wildman–Crippen MR) is 59.8 cm³/mol. The van der Waals surface area contributed by atoms with Gasteiger partial charge in [0.25, 0.3) is 0 Å². The molecule has 1 N–H and O–H groups in total. The van der Waals surface area contributed by atoms with Gasteiger partial charge in [0, 0.05) is 5.75 Å². The molecule has 0 radical (unpaired) electrons. The summed E-state index contributed by atoms with van der Waals surface area (Å²) in [6.45, 7) is 1.58. The molecule has 0 amide bonds. The summed E-state index contributed by atoms with van der Waals surface area (Å²) in [5, 5.41) is 8.20. The Kier molecular flexibility index (Phi) is 4.42. The average Bonchev–Trinajstić information content (AvgIpc) is 2.19. The van der Waals surface area contributed by atoms with Crippen molar-refractivity contribution in [2.24, 2.45) is 0 Å². The van der Waals surface area contributed by atoms with Crippen molar-refractivity contribution in [2.75, 3.05) is 0 Å². The molecule has 1 aromatic carbocycles. The van der Waals surface area contributed by atoms with Gasteiger partial charge in [-0.1, -0.05) is 23.7 Å². The van der Waals surface area contributed by atoms with E-state index in [0.717, 1.165) is 0 Å². The standard InChI is InChI=1S/C10H10ClFO2S/c1-6(10(13)14)15-5-7-3-2-4-8(12)9(7)11/h2-4,6H,5H2,1H3,(H,13,14). The maximum absolute atomic E-state index is 13.0. The largest absolute Gasteiger partial charge is 0.480 e. The van der Waals surface area contributed by atoms with Crippen molar-refractivity contribution in [3.05, 3.63) is 34.6 Å². The number of hydrogen-bond donors (Lipinski definition) is 1. The molecule has 1 unspecified atom stereocenters. The molecule has 0 saturated heterocycles. The molecule has 0 saturated carbocycles. The van der Waals surface area contributed by atoms with E-state index < -0.39 is 17.0 Å². The lowest BCUT2D eigenvalue weighted by molar-refractivity contribution is -0.136. The molecule has 1 aromatic rings. The molecule has 2 nitrogen and oxygen atoms in total. The number of halogens is 2. The molecule has 0 aliphatic carbocycles. The predicted octanol–water partition coefficient (Wildman–Crippen LogP) is 3.19. The Morgan fingerprint density at radius 3 is 2.93 bits per heavy atom. The van der Waals surface area contributed by atoms with Crippen LogP contribution in [0.15, 0.2) is 18.2 Å². The van der Waals surface area contributed by atoms with Crippen molar-refractivity contribution in [3.63, 3.8) is 0 Å². The Hall–Kier alpha value is -0.740. The van der Waals surface area contributed by atoms with Gasteiger partial charge in [0.15, 0.2) is 0 Å². The molecule has 82 valence electrons. The third-order valence-corrected chi connectivity index (χ3v) is 3.47. The van der Waals surface area contributed by atoms with Crippen molar-refractivity contribution in [3.8, 4) is 0 Å². The fraction of sp³-hybridized carbons (Fsp3) is 0.300. The highest BCUT2D eigenvalue weighted by Crippen LogP contribution is 2.25. The van der Waals surface area contributed by atoms with E-state index in [4.69, 9.17) is 16.7 Å². The van der Waals surface area contributed by atoms with E-state index in [-0.39, 0.29) is 5.02 Å². The fourth-order valence-corrected chi connectivity index (χ4v) is 2.03. The van der Waals surface area contributed by atoms with Crippen LogP contribution >= 0.6 is 23.4 Å². The number of thioether (sulfide) groups is 1. The zero-order valence-corrected chi connectivity index (χ0v) is 9.61. The summed E-state index contributed by atoms with van der Waals surface area (Å²) in [6.07, 6.45) is 0. The SMILES string of the molecule is CC(SCc1cccc(F)c1Cl)C(=O)O. The minimum absolute atomic E-state index is 0.0718. The number of carboxylic acids is 1. The highest BCUT2D eigenvalue weighted by atomic mass is 35.5. The molecular formula is C10H10ClFO2S. The van der Waals surface area contributed by atoms with Crippen LogP contribution in [-0.2, 0) is 10.5 Å². The second-order valence-corrected chi connectivity index (χ2v) is 4.71. The van der Waals surface area contributed by atoms with E-state index in [1.807, 2.05) is 0 Å². The smallest absolute Gasteiger partial charge is 0.316 e. The molecule has 0 aromatic heterocycles. The van der Waals surface area contributed by atoms with Gasteiger partial charge in [-0.2, -0.15) is 0 Å². The van der Waals surface area contributed by atoms with Gasteiger partial charge in [0.2, 0.25) is 0 Å². The van der Waals surface area contributed by atoms with Crippen molar-refractivity contribution >= 4 is 29.3 Å². The van der Waals surface area contributed by atoms with Gasteiger partial charge in [-0.15, -0.1) is 11.8 Å². The Morgan fingerprint density at radius 1 is 1.67 bits per heavy atom. The summed E-state index contributed by atoms with van der Waals surface area (Å²) < 4.78 is 13.0. The third-order valence-electron chi connectivity index (χ3n) is 1.87. The summed E-state index contributed by atoms with van der Waals surface area (Å²) in [5.74, 6) is -0.963. The van der Waals surface area contributed by atoms with Crippen LogP contribution in [0, 0.1) is 5.82 Å². The van der Waals surface area contributed by atoms with E-state index in [1.165, 1.54) is 17.8 Å². The molecule has 0 aliphatic rings. The van der Waals surface area contributed by atoms with E-state index in [0.29, 0.717) is 11.3 Å². The highest BCUT2D eigenvalue weighted by Gasteiger charge is 2.13. The molecule has 1 rings (SSSR count). The first kappa shape index (κ1) is 12.3. The molecular weight excluding hydrogens is 239 g/mol. The second-order valence-electron chi connectivity index (χ2n) is 3.00. The zero-order chi connectivity index (χ0) is 11.4. The molecule has 0 heterocycles. The van der Waals surface area contributed by atoms with Crippen LogP contribution in [0.1, 0.15) is 12.5 Å². The van der Waals surface area contributed by atoms with Crippen LogP contribution < -0.4 is 0 Å². The van der Waals surface area contributed by atoms with Crippen LogP contribution in [0.4, 0.5) is 4.39 Å². The first-order valence-electron chi connectivity index (χ1n) is 4.29. The number of carboxylic acid groups (broad SMARTS) is 1. The number of rotatable bonds is 4. The summed E-state index contributed by atoms with van der Waals surface area (Å²) in [4.78, 5) is 10.5. The van der Waals surface area contributed by atoms with Crippen molar-refractivity contribution in [2.45, 2.75) is 17.9 Å². The summed E-state index contributed by atoms with van der Waals surface area (Å²) in [6, 6.07) is 4.52. The lowest BCUT2D eigenvalue weighted by Crippen LogP contribution is -2.11. The van der Waals surface area contributed by atoms with Crippen LogP contribution in [0.5, 0.6) is 0 Å². The topological polar surface area (TPSA) is 37.3 Å². The lowest BCUT2D eigenvalue weighted by Gasteiger charge is -2.07. The zero-order valence-electron chi connectivity index (χ0n) is 8.04. The maximum Gasteiger partial charge on any atom is 0.316 e. The van der Waals surface area contributed by atoms with Gasteiger partial charge in [0.05, 0.1) is 10.3 Å². The molecule has 0 fully saturated rings. The van der Waals surface area contributed by atoms with Crippen molar-refractivity contribution in [1.29, 1.82) is 0 Å². The van der Waals surface area contributed by atoms with Gasteiger partial charge in [-0.05, 0) is 18.6 Å². The summed E-state index contributed by atoms with van der Waals surface area (Å²) >= 11 is 6.93. The molecule has 15 heavy (non-hydrogen) atoms. The normalized spacial score (nSPS) is 12.5. The van der Waals surface area contributed by atoms with E-state index in [2.05, 4.69) is 0 Å². The third kappa shape index (κ3) is 3.39. The van der Waals surface area contributed by atoms with E-state index in [9.17, 15) is 9.18 Å². The van der Waals surface area contributed by atoms with E-state index >= 15 is 0 Å². The quantitative estimate of drug-likeness (QED) is 0.889. The minimum atomic E-state index is -0.882. The van der Waals surface area contributed by atoms with Crippen molar-refractivity contribution < 1.29 is 14.3 Å². The monoisotopic (exact) mass is 248 g/mol. The Morgan fingerprint density at radius 2 is 2.33 bits per heavy atom. The minimum Gasteiger partial charge on any atom is -0.480 e. The van der Waals surface area contributed by atoms with Crippen LogP contribution in [0.3, 0.4) is 0 Å². The molecule has 0 bridgehead atoms. The van der Waals surface area contributed by atoms with E-state index in [1.54, 1.807) is 19.1 Å². The van der Waals surface area contributed by atoms with Gasteiger partial charge in [-0.25, -0.2) is 4.39 Å². The fourth-order valence-electron chi connectivity index (χ4n) is 0.946. The number of hydrogen-bond acceptors (Lipinski definition) is 2. The van der Waals surface area contributed by atoms with Gasteiger partial charge < -0.3 is 5.11 Å². The molecule has 5 heteroatoms. The van der Waals surface area contributed by atoms with Gasteiger partial charge in [0.1, 0.15) is 5.82 Å². The Balaban J connectivity index is 2.66. The second kappa shape index (κ2) is 5.37. The van der Waals surface area contributed by atoms with Gasteiger partial charge >= 0.3 is 5.97 Å². The molecule has 1 atom stereocenters.